The van der Waals surface area contributed by atoms with Gasteiger partial charge in [0.1, 0.15) is 0 Å². The summed E-state index contributed by atoms with van der Waals surface area (Å²) in [5.41, 5.74) is 0.900. The number of piperidine rings is 1. The molecule has 0 N–H and O–H groups in total. The van der Waals surface area contributed by atoms with Crippen molar-refractivity contribution < 1.29 is 9.21 Å². The summed E-state index contributed by atoms with van der Waals surface area (Å²) in [6.07, 6.45) is 3.26. The van der Waals surface area contributed by atoms with E-state index >= 15 is 0 Å². The minimum Gasteiger partial charge on any atom is -0.421 e. The van der Waals surface area contributed by atoms with Crippen LogP contribution < -0.4 is 0 Å². The number of hydrogen-bond acceptors (Lipinski definition) is 4. The molecule has 2 heterocycles. The van der Waals surface area contributed by atoms with Crippen LogP contribution in [0.15, 0.2) is 34.7 Å². The van der Waals surface area contributed by atoms with Crippen LogP contribution in [0.2, 0.25) is 0 Å². The molecule has 0 saturated carbocycles. The maximum Gasteiger partial charge on any atom is 0.247 e. The van der Waals surface area contributed by atoms with Crippen molar-refractivity contribution in [3.05, 3.63) is 36.2 Å². The molecule has 1 unspecified atom stereocenters. The summed E-state index contributed by atoms with van der Waals surface area (Å²) in [5.74, 6) is 1.82. The Morgan fingerprint density at radius 3 is 2.91 bits per heavy atom. The zero-order valence-corrected chi connectivity index (χ0v) is 12.9. The van der Waals surface area contributed by atoms with Crippen molar-refractivity contribution in [3.63, 3.8) is 0 Å². The number of hydrogen-bond donors (Lipinski definition) is 0. The second-order valence-corrected chi connectivity index (χ2v) is 5.95. The number of aromatic nitrogens is 2. The van der Waals surface area contributed by atoms with Gasteiger partial charge < -0.3 is 9.32 Å². The highest BCUT2D eigenvalue weighted by Gasteiger charge is 2.21. The molecule has 1 atom stereocenters. The van der Waals surface area contributed by atoms with E-state index in [1.165, 1.54) is 6.42 Å². The summed E-state index contributed by atoms with van der Waals surface area (Å²) >= 11 is 0. The van der Waals surface area contributed by atoms with Gasteiger partial charge in [-0.05, 0) is 30.9 Å². The third-order valence-electron chi connectivity index (χ3n) is 4.05. The zero-order valence-electron chi connectivity index (χ0n) is 12.9. The molecule has 5 heteroatoms. The van der Waals surface area contributed by atoms with E-state index in [1.807, 2.05) is 35.2 Å². The Balaban J connectivity index is 1.56. The highest BCUT2D eigenvalue weighted by molar-refractivity contribution is 5.76. The van der Waals surface area contributed by atoms with Crippen LogP contribution in [-0.2, 0) is 11.2 Å². The zero-order chi connectivity index (χ0) is 15.4. The Morgan fingerprint density at radius 2 is 2.14 bits per heavy atom. The van der Waals surface area contributed by atoms with Crippen LogP contribution in [0.1, 0.15) is 32.1 Å². The molecule has 1 aromatic heterocycles. The Bertz CT molecular complexity index is 624. The second kappa shape index (κ2) is 6.73. The molecule has 0 spiro atoms. The molecule has 116 valence electrons. The van der Waals surface area contributed by atoms with Crippen LogP contribution in [0.3, 0.4) is 0 Å². The van der Waals surface area contributed by atoms with E-state index in [9.17, 15) is 4.79 Å². The van der Waals surface area contributed by atoms with Crippen molar-refractivity contribution in [3.8, 4) is 11.5 Å². The van der Waals surface area contributed by atoms with Gasteiger partial charge >= 0.3 is 0 Å². The largest absolute Gasteiger partial charge is 0.421 e. The Kier molecular flexibility index (Phi) is 4.51. The summed E-state index contributed by atoms with van der Waals surface area (Å²) in [5, 5.41) is 8.08. The van der Waals surface area contributed by atoms with Crippen molar-refractivity contribution in [2.45, 2.75) is 32.6 Å². The van der Waals surface area contributed by atoms with Gasteiger partial charge in [-0.15, -0.1) is 10.2 Å². The standard InChI is InChI=1S/C17H21N3O2/c1-13-6-5-11-20(12-13)16(21)10-9-15-18-19-17(22-15)14-7-3-2-4-8-14/h2-4,7-8,13H,5-6,9-12H2,1H3. The summed E-state index contributed by atoms with van der Waals surface area (Å²) in [6, 6.07) is 9.66. The number of benzene rings is 1. The Labute approximate surface area is 130 Å². The third-order valence-corrected chi connectivity index (χ3v) is 4.05. The lowest BCUT2D eigenvalue weighted by Gasteiger charge is -2.30. The van der Waals surface area contributed by atoms with Crippen molar-refractivity contribution >= 4 is 5.91 Å². The SMILES string of the molecule is CC1CCCN(C(=O)CCc2nnc(-c3ccccc3)o2)C1. The van der Waals surface area contributed by atoms with E-state index in [4.69, 9.17) is 4.42 Å². The molecule has 5 nitrogen and oxygen atoms in total. The molecule has 1 fully saturated rings. The first-order chi connectivity index (χ1) is 10.7. The average molecular weight is 299 g/mol. The van der Waals surface area contributed by atoms with Crippen LogP contribution in [0.4, 0.5) is 0 Å². The fraction of sp³-hybridized carbons (Fsp3) is 0.471. The minimum atomic E-state index is 0.186. The lowest BCUT2D eigenvalue weighted by atomic mass is 10.00. The van der Waals surface area contributed by atoms with Gasteiger partial charge in [0, 0.05) is 31.5 Å². The van der Waals surface area contributed by atoms with Gasteiger partial charge in [-0.2, -0.15) is 0 Å². The summed E-state index contributed by atoms with van der Waals surface area (Å²) < 4.78 is 5.64. The van der Waals surface area contributed by atoms with Gasteiger partial charge in [0.2, 0.25) is 17.7 Å². The lowest BCUT2D eigenvalue weighted by molar-refractivity contribution is -0.132. The molecular weight excluding hydrogens is 278 g/mol. The Morgan fingerprint density at radius 1 is 1.32 bits per heavy atom. The smallest absolute Gasteiger partial charge is 0.247 e. The number of rotatable bonds is 4. The van der Waals surface area contributed by atoms with Crippen molar-refractivity contribution in [1.29, 1.82) is 0 Å². The third kappa shape index (κ3) is 3.53. The molecule has 1 amide bonds. The number of nitrogens with zero attached hydrogens (tertiary/aromatic N) is 3. The van der Waals surface area contributed by atoms with Gasteiger partial charge in [0.05, 0.1) is 0 Å². The molecule has 2 aromatic rings. The highest BCUT2D eigenvalue weighted by Crippen LogP contribution is 2.19. The molecule has 1 aromatic carbocycles. The quantitative estimate of drug-likeness (QED) is 0.871. The summed E-state index contributed by atoms with van der Waals surface area (Å²) in [6.45, 7) is 3.95. The fourth-order valence-electron chi connectivity index (χ4n) is 2.84. The lowest BCUT2D eigenvalue weighted by Crippen LogP contribution is -2.39. The number of carbonyl (C=O) groups is 1. The Hall–Kier alpha value is -2.17. The first-order valence-corrected chi connectivity index (χ1v) is 7.88. The van der Waals surface area contributed by atoms with E-state index in [2.05, 4.69) is 17.1 Å². The number of aryl methyl sites for hydroxylation is 1. The van der Waals surface area contributed by atoms with E-state index in [0.717, 1.165) is 25.1 Å². The van der Waals surface area contributed by atoms with Crippen molar-refractivity contribution in [2.24, 2.45) is 5.92 Å². The van der Waals surface area contributed by atoms with Gasteiger partial charge in [-0.25, -0.2) is 0 Å². The first-order valence-electron chi connectivity index (χ1n) is 7.88. The monoisotopic (exact) mass is 299 g/mol. The van der Waals surface area contributed by atoms with Gasteiger partial charge in [0.15, 0.2) is 0 Å². The molecule has 1 saturated heterocycles. The molecule has 0 bridgehead atoms. The van der Waals surface area contributed by atoms with Crippen molar-refractivity contribution in [1.82, 2.24) is 15.1 Å². The highest BCUT2D eigenvalue weighted by atomic mass is 16.4. The summed E-state index contributed by atoms with van der Waals surface area (Å²) in [7, 11) is 0. The van der Waals surface area contributed by atoms with Crippen LogP contribution >= 0.6 is 0 Å². The normalized spacial score (nSPS) is 18.4. The van der Waals surface area contributed by atoms with Crippen LogP contribution in [0.5, 0.6) is 0 Å². The average Bonchev–Trinajstić information content (AvgIpc) is 3.02. The minimum absolute atomic E-state index is 0.186. The van der Waals surface area contributed by atoms with Crippen LogP contribution in [0, 0.1) is 5.92 Å². The van der Waals surface area contributed by atoms with E-state index in [-0.39, 0.29) is 5.91 Å². The second-order valence-electron chi connectivity index (χ2n) is 5.95. The molecule has 0 radical (unpaired) electrons. The van der Waals surface area contributed by atoms with Gasteiger partial charge in [-0.1, -0.05) is 25.1 Å². The molecule has 0 aliphatic carbocycles. The number of likely N-dealkylation sites (tertiary alicyclic amines) is 1. The molecule has 1 aliphatic heterocycles. The first kappa shape index (κ1) is 14.8. The summed E-state index contributed by atoms with van der Waals surface area (Å²) in [4.78, 5) is 14.2. The maximum atomic E-state index is 12.2. The molecular formula is C17H21N3O2. The number of amides is 1. The van der Waals surface area contributed by atoms with Crippen LogP contribution in [-0.4, -0.2) is 34.1 Å². The predicted octanol–water partition coefficient (Wildman–Crippen LogP) is 2.93. The van der Waals surface area contributed by atoms with E-state index in [1.54, 1.807) is 0 Å². The molecule has 1 aliphatic rings. The number of carbonyl (C=O) groups excluding carboxylic acids is 1. The van der Waals surface area contributed by atoms with Crippen molar-refractivity contribution in [2.75, 3.05) is 13.1 Å². The van der Waals surface area contributed by atoms with Gasteiger partial charge in [0.25, 0.3) is 0 Å². The van der Waals surface area contributed by atoms with Crippen LogP contribution in [0.25, 0.3) is 11.5 Å². The molecule has 22 heavy (non-hydrogen) atoms. The predicted molar refractivity (Wildman–Crippen MR) is 83.0 cm³/mol. The van der Waals surface area contributed by atoms with E-state index < -0.39 is 0 Å². The van der Waals surface area contributed by atoms with Gasteiger partial charge in [-0.3, -0.25) is 4.79 Å². The van der Waals surface area contributed by atoms with E-state index in [0.29, 0.717) is 30.5 Å². The fourth-order valence-corrected chi connectivity index (χ4v) is 2.84. The topological polar surface area (TPSA) is 59.2 Å². The maximum absolute atomic E-state index is 12.2. The molecule has 3 rings (SSSR count).